The Bertz CT molecular complexity index is 261. The summed E-state index contributed by atoms with van der Waals surface area (Å²) in [7, 11) is 0. The van der Waals surface area contributed by atoms with Crippen LogP contribution in [0.15, 0.2) is 0 Å². The van der Waals surface area contributed by atoms with Crippen LogP contribution in [-0.4, -0.2) is 29.2 Å². The second kappa shape index (κ2) is 7.52. The van der Waals surface area contributed by atoms with Gasteiger partial charge in [-0.15, -0.1) is 0 Å². The minimum Gasteiger partial charge on any atom is -0.342 e. The van der Waals surface area contributed by atoms with Crippen LogP contribution >= 0.6 is 15.9 Å². The number of alkyl halides is 1. The van der Waals surface area contributed by atoms with Crippen molar-refractivity contribution in [3.63, 3.8) is 0 Å². The summed E-state index contributed by atoms with van der Waals surface area (Å²) in [5.41, 5.74) is 0.293. The number of hydrogen-bond donors (Lipinski definition) is 0. The van der Waals surface area contributed by atoms with Gasteiger partial charge in [-0.3, -0.25) is 4.79 Å². The second-order valence-corrected chi connectivity index (χ2v) is 6.45. The summed E-state index contributed by atoms with van der Waals surface area (Å²) in [6.45, 7) is 8.62. The molecule has 0 N–H and O–H groups in total. The van der Waals surface area contributed by atoms with Gasteiger partial charge >= 0.3 is 0 Å². The Morgan fingerprint density at radius 2 is 1.89 bits per heavy atom. The third-order valence-corrected chi connectivity index (χ3v) is 5.43. The van der Waals surface area contributed by atoms with Crippen molar-refractivity contribution >= 4 is 21.8 Å². The van der Waals surface area contributed by atoms with Crippen LogP contribution in [0.1, 0.15) is 59.3 Å². The van der Waals surface area contributed by atoms with E-state index in [4.69, 9.17) is 0 Å². The molecule has 1 atom stereocenters. The van der Waals surface area contributed by atoms with Crippen LogP contribution in [0.4, 0.5) is 0 Å². The van der Waals surface area contributed by atoms with Crippen LogP contribution in [0.25, 0.3) is 0 Å². The maximum absolute atomic E-state index is 12.1. The summed E-state index contributed by atoms with van der Waals surface area (Å²) in [4.78, 5) is 14.2. The molecule has 0 spiro atoms. The molecule has 1 unspecified atom stereocenters. The summed E-state index contributed by atoms with van der Waals surface area (Å²) < 4.78 is 0. The van der Waals surface area contributed by atoms with Crippen LogP contribution in [0, 0.1) is 11.3 Å². The highest BCUT2D eigenvalue weighted by atomic mass is 79.9. The average molecular weight is 318 g/mol. The van der Waals surface area contributed by atoms with E-state index in [0.29, 0.717) is 17.2 Å². The Balaban J connectivity index is 2.68. The topological polar surface area (TPSA) is 20.3 Å². The Morgan fingerprint density at radius 1 is 1.28 bits per heavy atom. The first-order valence-electron chi connectivity index (χ1n) is 7.44. The average Bonchev–Trinajstić information content (AvgIpc) is 2.70. The van der Waals surface area contributed by atoms with Crippen molar-refractivity contribution in [1.82, 2.24) is 4.90 Å². The number of carbonyl (C=O) groups is 1. The minimum absolute atomic E-state index is 0.293. The predicted molar refractivity (Wildman–Crippen MR) is 81.0 cm³/mol. The molecule has 106 valence electrons. The zero-order chi connectivity index (χ0) is 13.6. The fourth-order valence-electron chi connectivity index (χ4n) is 3.20. The van der Waals surface area contributed by atoms with E-state index in [0.717, 1.165) is 31.3 Å². The normalized spacial score (nSPS) is 20.8. The largest absolute Gasteiger partial charge is 0.342 e. The number of amides is 1. The molecule has 1 saturated heterocycles. The van der Waals surface area contributed by atoms with Crippen LogP contribution < -0.4 is 0 Å². The van der Waals surface area contributed by atoms with Crippen molar-refractivity contribution in [2.24, 2.45) is 11.3 Å². The van der Waals surface area contributed by atoms with Crippen molar-refractivity contribution < 1.29 is 4.79 Å². The first-order chi connectivity index (χ1) is 8.60. The molecule has 0 aromatic carbocycles. The molecule has 0 aliphatic carbocycles. The Labute approximate surface area is 121 Å². The molecule has 1 fully saturated rings. The first-order valence-corrected chi connectivity index (χ1v) is 8.56. The monoisotopic (exact) mass is 317 g/mol. The molecule has 0 aromatic rings. The van der Waals surface area contributed by atoms with Crippen molar-refractivity contribution in [1.29, 1.82) is 0 Å². The van der Waals surface area contributed by atoms with E-state index in [2.05, 4.69) is 41.6 Å². The van der Waals surface area contributed by atoms with E-state index in [1.807, 2.05) is 0 Å². The van der Waals surface area contributed by atoms with Gasteiger partial charge in [0.2, 0.25) is 5.91 Å². The highest BCUT2D eigenvalue weighted by Gasteiger charge is 2.35. The van der Waals surface area contributed by atoms with Crippen molar-refractivity contribution in [2.75, 3.05) is 18.4 Å². The second-order valence-electron chi connectivity index (χ2n) is 5.89. The van der Waals surface area contributed by atoms with Gasteiger partial charge in [-0.05, 0) is 24.2 Å². The van der Waals surface area contributed by atoms with Crippen LogP contribution in [-0.2, 0) is 4.79 Å². The van der Waals surface area contributed by atoms with E-state index >= 15 is 0 Å². The van der Waals surface area contributed by atoms with Crippen molar-refractivity contribution in [2.45, 2.75) is 59.3 Å². The molecular weight excluding hydrogens is 290 g/mol. The number of hydrogen-bond acceptors (Lipinski definition) is 1. The third-order valence-electron chi connectivity index (χ3n) is 4.24. The van der Waals surface area contributed by atoms with Gasteiger partial charge in [0.1, 0.15) is 0 Å². The van der Waals surface area contributed by atoms with E-state index in [-0.39, 0.29) is 0 Å². The lowest BCUT2D eigenvalue weighted by Crippen LogP contribution is -2.40. The molecule has 1 heterocycles. The molecular formula is C15H28BrNO. The Morgan fingerprint density at radius 3 is 2.28 bits per heavy atom. The molecule has 3 heteroatoms. The smallest absolute Gasteiger partial charge is 0.222 e. The number of carbonyl (C=O) groups excluding carboxylic acids is 1. The fourth-order valence-corrected chi connectivity index (χ4v) is 3.94. The highest BCUT2D eigenvalue weighted by Crippen LogP contribution is 2.35. The molecule has 1 amide bonds. The van der Waals surface area contributed by atoms with Gasteiger partial charge in [0.15, 0.2) is 0 Å². The summed E-state index contributed by atoms with van der Waals surface area (Å²) in [5, 5.41) is 1.02. The molecule has 1 aliphatic heterocycles. The predicted octanol–water partition coefficient (Wildman–Crippen LogP) is 4.23. The number of rotatable bonds is 8. The fraction of sp³-hybridized carbons (Fsp3) is 0.933. The number of likely N-dealkylation sites (tertiary alicyclic amines) is 1. The molecule has 0 saturated carbocycles. The zero-order valence-electron chi connectivity index (χ0n) is 12.2. The number of halogens is 1. The van der Waals surface area contributed by atoms with Crippen LogP contribution in [0.5, 0.6) is 0 Å². The lowest BCUT2D eigenvalue weighted by Gasteiger charge is -2.36. The Hall–Kier alpha value is -0.0500. The SMILES string of the molecule is CCCC(CBr)(CCC)CN1CC(CC)CC1=O. The standard InChI is InChI=1S/C15H28BrNO/c1-4-7-15(11-16,8-5-2)12-17-10-13(6-3)9-14(17)18/h13H,4-12H2,1-3H3. The summed E-state index contributed by atoms with van der Waals surface area (Å²) in [6.07, 6.45) is 6.73. The van der Waals surface area contributed by atoms with Crippen molar-refractivity contribution in [3.05, 3.63) is 0 Å². The van der Waals surface area contributed by atoms with Gasteiger partial charge in [0.05, 0.1) is 0 Å². The van der Waals surface area contributed by atoms with E-state index in [1.54, 1.807) is 0 Å². The minimum atomic E-state index is 0.293. The quantitative estimate of drug-likeness (QED) is 0.613. The molecule has 18 heavy (non-hydrogen) atoms. The third kappa shape index (κ3) is 3.97. The van der Waals surface area contributed by atoms with Gasteiger partial charge in [-0.2, -0.15) is 0 Å². The van der Waals surface area contributed by atoms with Crippen LogP contribution in [0.2, 0.25) is 0 Å². The summed E-state index contributed by atoms with van der Waals surface area (Å²) in [5.74, 6) is 0.966. The zero-order valence-corrected chi connectivity index (χ0v) is 13.8. The van der Waals surface area contributed by atoms with Gasteiger partial charge in [0, 0.05) is 24.8 Å². The Kier molecular flexibility index (Phi) is 6.68. The molecule has 0 bridgehead atoms. The number of nitrogens with zero attached hydrogens (tertiary/aromatic N) is 1. The van der Waals surface area contributed by atoms with Gasteiger partial charge in [0.25, 0.3) is 0 Å². The van der Waals surface area contributed by atoms with Gasteiger partial charge in [-0.1, -0.05) is 56.0 Å². The maximum atomic E-state index is 12.1. The van der Waals surface area contributed by atoms with E-state index < -0.39 is 0 Å². The first kappa shape index (κ1) is 16.0. The molecule has 2 nitrogen and oxygen atoms in total. The van der Waals surface area contributed by atoms with E-state index in [1.165, 1.54) is 25.7 Å². The summed E-state index contributed by atoms with van der Waals surface area (Å²) in [6, 6.07) is 0. The summed E-state index contributed by atoms with van der Waals surface area (Å²) >= 11 is 3.70. The van der Waals surface area contributed by atoms with E-state index in [9.17, 15) is 4.79 Å². The maximum Gasteiger partial charge on any atom is 0.222 e. The van der Waals surface area contributed by atoms with Crippen LogP contribution in [0.3, 0.4) is 0 Å². The lowest BCUT2D eigenvalue weighted by atomic mass is 9.80. The van der Waals surface area contributed by atoms with Gasteiger partial charge < -0.3 is 4.90 Å². The molecule has 1 aliphatic rings. The van der Waals surface area contributed by atoms with Crippen molar-refractivity contribution in [3.8, 4) is 0 Å². The molecule has 1 rings (SSSR count). The highest BCUT2D eigenvalue weighted by molar-refractivity contribution is 9.09. The lowest BCUT2D eigenvalue weighted by molar-refractivity contribution is -0.129. The molecule has 0 radical (unpaired) electrons. The molecule has 0 aromatic heterocycles. The van der Waals surface area contributed by atoms with Gasteiger partial charge in [-0.25, -0.2) is 0 Å².